The number of carbonyl (C=O) groups is 1. The summed E-state index contributed by atoms with van der Waals surface area (Å²) in [4.78, 5) is 11.6. The second-order valence-electron chi connectivity index (χ2n) is 4.06. The van der Waals surface area contributed by atoms with Gasteiger partial charge in [0, 0.05) is 13.0 Å². The molecular weight excluding hydrogens is 216 g/mol. The maximum absolute atomic E-state index is 11.6. The molecule has 0 N–H and O–H groups in total. The Labute approximate surface area is 101 Å². The molecule has 0 spiro atoms. The highest BCUT2D eigenvalue weighted by Crippen LogP contribution is 2.36. The molecule has 2 rings (SSSR count). The van der Waals surface area contributed by atoms with Gasteiger partial charge in [0.25, 0.3) is 0 Å². The van der Waals surface area contributed by atoms with Gasteiger partial charge in [-0.25, -0.2) is 4.79 Å². The summed E-state index contributed by atoms with van der Waals surface area (Å²) in [7, 11) is 3.02. The molecule has 3 nitrogen and oxygen atoms in total. The average molecular weight is 232 g/mol. The lowest BCUT2D eigenvalue weighted by atomic mass is 9.93. The Morgan fingerprint density at radius 1 is 1.24 bits per heavy atom. The predicted molar refractivity (Wildman–Crippen MR) is 64.7 cm³/mol. The van der Waals surface area contributed by atoms with Crippen LogP contribution in [0.15, 0.2) is 42.0 Å². The van der Waals surface area contributed by atoms with E-state index in [1.165, 1.54) is 12.7 Å². The van der Waals surface area contributed by atoms with Crippen LogP contribution in [0.4, 0.5) is 0 Å². The van der Waals surface area contributed by atoms with Gasteiger partial charge in [-0.1, -0.05) is 36.4 Å². The van der Waals surface area contributed by atoms with Crippen molar-refractivity contribution in [3.8, 4) is 0 Å². The Hall–Kier alpha value is -1.61. The number of carbonyl (C=O) groups excluding carboxylic acids is 1. The van der Waals surface area contributed by atoms with Crippen LogP contribution < -0.4 is 0 Å². The molecule has 0 bridgehead atoms. The van der Waals surface area contributed by atoms with Gasteiger partial charge >= 0.3 is 5.97 Å². The molecule has 0 radical (unpaired) electrons. The molecule has 0 heterocycles. The fourth-order valence-electron chi connectivity index (χ4n) is 2.33. The smallest absolute Gasteiger partial charge is 0.336 e. The van der Waals surface area contributed by atoms with Crippen LogP contribution in [-0.2, 0) is 14.3 Å². The summed E-state index contributed by atoms with van der Waals surface area (Å²) in [6.07, 6.45) is 2.52. The van der Waals surface area contributed by atoms with Gasteiger partial charge in [0.1, 0.15) is 0 Å². The molecule has 2 atom stereocenters. The number of methoxy groups -OCH3 is 2. The molecule has 0 unspecified atom stereocenters. The number of rotatable bonds is 3. The van der Waals surface area contributed by atoms with Gasteiger partial charge in [-0.15, -0.1) is 0 Å². The summed E-state index contributed by atoms with van der Waals surface area (Å²) in [5, 5.41) is 0. The maximum atomic E-state index is 11.6. The average Bonchev–Trinajstić information content (AvgIpc) is 2.82. The van der Waals surface area contributed by atoms with Gasteiger partial charge < -0.3 is 9.47 Å². The summed E-state index contributed by atoms with van der Waals surface area (Å²) < 4.78 is 10.2. The highest BCUT2D eigenvalue weighted by Gasteiger charge is 2.34. The van der Waals surface area contributed by atoms with Crippen molar-refractivity contribution in [3.05, 3.63) is 47.5 Å². The number of allylic oxidation sites excluding steroid dienone is 1. The minimum Gasteiger partial charge on any atom is -0.466 e. The minimum absolute atomic E-state index is 0.204. The van der Waals surface area contributed by atoms with E-state index >= 15 is 0 Å². The standard InChI is InChI=1S/C14H16O3/c1-16-13-11(10-6-4-3-5-7-10)8-9-12(13)14(15)17-2/h3-7,9,11,13H,8H2,1-2H3/t11-,13+/m0/s1. The predicted octanol–water partition coefficient (Wildman–Crippen LogP) is 2.29. The molecule has 1 aliphatic carbocycles. The first-order valence-electron chi connectivity index (χ1n) is 5.64. The normalized spacial score (nSPS) is 23.3. The number of benzene rings is 1. The second kappa shape index (κ2) is 5.15. The zero-order chi connectivity index (χ0) is 12.3. The summed E-state index contributed by atoms with van der Waals surface area (Å²) >= 11 is 0. The lowest BCUT2D eigenvalue weighted by Gasteiger charge is -2.20. The Morgan fingerprint density at radius 3 is 2.53 bits per heavy atom. The largest absolute Gasteiger partial charge is 0.466 e. The molecule has 1 aromatic carbocycles. The van der Waals surface area contributed by atoms with Crippen molar-refractivity contribution in [3.63, 3.8) is 0 Å². The Balaban J connectivity index is 2.22. The summed E-state index contributed by atoms with van der Waals surface area (Å²) in [5.41, 5.74) is 1.82. The number of ether oxygens (including phenoxy) is 2. The van der Waals surface area contributed by atoms with Crippen molar-refractivity contribution >= 4 is 5.97 Å². The van der Waals surface area contributed by atoms with Crippen molar-refractivity contribution in [1.82, 2.24) is 0 Å². The fraction of sp³-hybridized carbons (Fsp3) is 0.357. The van der Waals surface area contributed by atoms with Gasteiger partial charge in [-0.05, 0) is 12.0 Å². The van der Waals surface area contributed by atoms with E-state index in [4.69, 9.17) is 9.47 Å². The molecule has 1 aromatic rings. The van der Waals surface area contributed by atoms with Crippen LogP contribution in [0.1, 0.15) is 17.9 Å². The molecule has 17 heavy (non-hydrogen) atoms. The van der Waals surface area contributed by atoms with Gasteiger partial charge in [-0.3, -0.25) is 0 Å². The third-order valence-electron chi connectivity index (χ3n) is 3.17. The van der Waals surface area contributed by atoms with Gasteiger partial charge in [0.2, 0.25) is 0 Å². The molecule has 0 saturated carbocycles. The number of hydrogen-bond donors (Lipinski definition) is 0. The monoisotopic (exact) mass is 232 g/mol. The highest BCUT2D eigenvalue weighted by molar-refractivity contribution is 5.90. The van der Waals surface area contributed by atoms with Gasteiger partial charge in [0.05, 0.1) is 18.8 Å². The van der Waals surface area contributed by atoms with Crippen LogP contribution in [0.5, 0.6) is 0 Å². The second-order valence-corrected chi connectivity index (χ2v) is 4.06. The Kier molecular flexibility index (Phi) is 3.59. The number of esters is 1. The quantitative estimate of drug-likeness (QED) is 0.750. The zero-order valence-electron chi connectivity index (χ0n) is 10.1. The van der Waals surface area contributed by atoms with Crippen molar-refractivity contribution in [2.45, 2.75) is 18.4 Å². The Bertz CT molecular complexity index is 422. The van der Waals surface area contributed by atoms with Crippen LogP contribution in [0, 0.1) is 0 Å². The topological polar surface area (TPSA) is 35.5 Å². The molecular formula is C14H16O3. The fourth-order valence-corrected chi connectivity index (χ4v) is 2.33. The van der Waals surface area contributed by atoms with Gasteiger partial charge in [-0.2, -0.15) is 0 Å². The van der Waals surface area contributed by atoms with Crippen LogP contribution in [-0.4, -0.2) is 26.3 Å². The molecule has 0 saturated heterocycles. The first-order chi connectivity index (χ1) is 8.27. The van der Waals surface area contributed by atoms with E-state index in [0.29, 0.717) is 5.57 Å². The van der Waals surface area contributed by atoms with Crippen molar-refractivity contribution in [2.24, 2.45) is 0 Å². The SMILES string of the molecule is COC(=O)C1=CC[C@@H](c2ccccc2)[C@H]1OC. The molecule has 0 aromatic heterocycles. The van der Waals surface area contributed by atoms with Crippen LogP contribution in [0.25, 0.3) is 0 Å². The minimum atomic E-state index is -0.296. The van der Waals surface area contributed by atoms with E-state index in [9.17, 15) is 4.79 Å². The molecule has 90 valence electrons. The van der Waals surface area contributed by atoms with Crippen LogP contribution in [0.2, 0.25) is 0 Å². The van der Waals surface area contributed by atoms with E-state index < -0.39 is 0 Å². The van der Waals surface area contributed by atoms with E-state index in [-0.39, 0.29) is 18.0 Å². The van der Waals surface area contributed by atoms with Crippen LogP contribution >= 0.6 is 0 Å². The Morgan fingerprint density at radius 2 is 1.94 bits per heavy atom. The van der Waals surface area contributed by atoms with E-state index in [2.05, 4.69) is 12.1 Å². The molecule has 0 fully saturated rings. The van der Waals surface area contributed by atoms with Crippen molar-refractivity contribution in [2.75, 3.05) is 14.2 Å². The maximum Gasteiger partial charge on any atom is 0.336 e. The lowest BCUT2D eigenvalue weighted by Crippen LogP contribution is -2.23. The van der Waals surface area contributed by atoms with Crippen molar-refractivity contribution < 1.29 is 14.3 Å². The van der Waals surface area contributed by atoms with Gasteiger partial charge in [0.15, 0.2) is 0 Å². The molecule has 3 heteroatoms. The van der Waals surface area contributed by atoms with E-state index in [0.717, 1.165) is 6.42 Å². The van der Waals surface area contributed by atoms with Crippen LogP contribution in [0.3, 0.4) is 0 Å². The first kappa shape index (κ1) is 11.9. The summed E-state index contributed by atoms with van der Waals surface area (Å²) in [6, 6.07) is 10.1. The molecule has 0 aliphatic heterocycles. The lowest BCUT2D eigenvalue weighted by molar-refractivity contribution is -0.137. The highest BCUT2D eigenvalue weighted by atomic mass is 16.5. The molecule has 1 aliphatic rings. The zero-order valence-corrected chi connectivity index (χ0v) is 10.1. The third kappa shape index (κ3) is 2.24. The number of hydrogen-bond acceptors (Lipinski definition) is 3. The third-order valence-corrected chi connectivity index (χ3v) is 3.17. The summed E-state index contributed by atoms with van der Waals surface area (Å²) in [5.74, 6) is -0.0921. The molecule has 0 amide bonds. The van der Waals surface area contributed by atoms with Crippen molar-refractivity contribution in [1.29, 1.82) is 0 Å². The van der Waals surface area contributed by atoms with E-state index in [1.807, 2.05) is 24.3 Å². The van der Waals surface area contributed by atoms with E-state index in [1.54, 1.807) is 7.11 Å². The summed E-state index contributed by atoms with van der Waals surface area (Å²) in [6.45, 7) is 0. The first-order valence-corrected chi connectivity index (χ1v) is 5.64.